The zero-order valence-corrected chi connectivity index (χ0v) is 10.8. The van der Waals surface area contributed by atoms with Crippen LogP contribution in [0.2, 0.25) is 0 Å². The first-order valence-electron chi connectivity index (χ1n) is 6.07. The summed E-state index contributed by atoms with van der Waals surface area (Å²) >= 11 is 0. The van der Waals surface area contributed by atoms with E-state index < -0.39 is 23.2 Å². The molecule has 0 aliphatic rings. The molecular formula is C15H14O5. The molecule has 2 aromatic rings. The molecule has 104 valence electrons. The van der Waals surface area contributed by atoms with E-state index in [4.69, 9.17) is 4.74 Å². The van der Waals surface area contributed by atoms with Crippen molar-refractivity contribution in [2.45, 2.75) is 13.3 Å². The van der Waals surface area contributed by atoms with Crippen LogP contribution in [0.1, 0.15) is 22.8 Å². The predicted molar refractivity (Wildman–Crippen MR) is 72.2 cm³/mol. The molecule has 0 aliphatic heterocycles. The normalized spacial score (nSPS) is 10.2. The van der Waals surface area contributed by atoms with E-state index in [1.165, 1.54) is 0 Å². The highest BCUT2D eigenvalue weighted by molar-refractivity contribution is 5.92. The summed E-state index contributed by atoms with van der Waals surface area (Å²) < 4.78 is 5.11. The van der Waals surface area contributed by atoms with E-state index in [-0.39, 0.29) is 5.56 Å². The summed E-state index contributed by atoms with van der Waals surface area (Å²) in [5.41, 5.74) is 1.06. The van der Waals surface area contributed by atoms with Gasteiger partial charge in [0.15, 0.2) is 17.2 Å². The van der Waals surface area contributed by atoms with Gasteiger partial charge in [-0.2, -0.15) is 0 Å². The van der Waals surface area contributed by atoms with Crippen molar-refractivity contribution in [3.63, 3.8) is 0 Å². The molecule has 0 heterocycles. The molecule has 0 aliphatic carbocycles. The molecule has 0 radical (unpaired) electrons. The summed E-state index contributed by atoms with van der Waals surface area (Å²) in [5.74, 6) is -2.22. The Morgan fingerprint density at radius 1 is 1.05 bits per heavy atom. The number of hydrogen-bond donors (Lipinski definition) is 3. The minimum absolute atomic E-state index is 0.0580. The second-order valence-electron chi connectivity index (χ2n) is 4.25. The summed E-state index contributed by atoms with van der Waals surface area (Å²) in [6.07, 6.45) is 0.883. The highest BCUT2D eigenvalue weighted by atomic mass is 16.5. The van der Waals surface area contributed by atoms with Crippen molar-refractivity contribution < 1.29 is 24.9 Å². The van der Waals surface area contributed by atoms with E-state index >= 15 is 0 Å². The SMILES string of the molecule is CCc1ccc(OC(=O)c2cc(O)c(O)c(O)c2)cc1. The number of aromatic hydroxyl groups is 3. The molecule has 2 aromatic carbocycles. The number of hydrogen-bond acceptors (Lipinski definition) is 5. The second-order valence-corrected chi connectivity index (χ2v) is 4.25. The Morgan fingerprint density at radius 2 is 1.60 bits per heavy atom. The standard InChI is InChI=1S/C15H14O5/c1-2-9-3-5-11(6-4-9)20-15(19)10-7-12(16)14(18)13(17)8-10/h3-8,16-18H,2H2,1H3. The van der Waals surface area contributed by atoms with Crippen molar-refractivity contribution >= 4 is 5.97 Å². The van der Waals surface area contributed by atoms with Gasteiger partial charge in [0, 0.05) is 0 Å². The van der Waals surface area contributed by atoms with Crippen LogP contribution in [0.15, 0.2) is 36.4 Å². The van der Waals surface area contributed by atoms with Crippen molar-refractivity contribution in [2.75, 3.05) is 0 Å². The van der Waals surface area contributed by atoms with Gasteiger partial charge in [-0.25, -0.2) is 4.79 Å². The number of phenols is 3. The van der Waals surface area contributed by atoms with Gasteiger partial charge in [-0.15, -0.1) is 0 Å². The number of rotatable bonds is 3. The molecule has 0 saturated carbocycles. The lowest BCUT2D eigenvalue weighted by atomic mass is 10.1. The van der Waals surface area contributed by atoms with Crippen LogP contribution in [0.4, 0.5) is 0 Å². The van der Waals surface area contributed by atoms with Crippen molar-refractivity contribution in [3.8, 4) is 23.0 Å². The number of phenolic OH excluding ortho intramolecular Hbond substituents is 3. The van der Waals surface area contributed by atoms with Gasteiger partial charge in [-0.05, 0) is 36.2 Å². The van der Waals surface area contributed by atoms with Crippen LogP contribution in [-0.4, -0.2) is 21.3 Å². The highest BCUT2D eigenvalue weighted by Gasteiger charge is 2.15. The van der Waals surface area contributed by atoms with Crippen molar-refractivity contribution in [1.29, 1.82) is 0 Å². The van der Waals surface area contributed by atoms with Crippen LogP contribution < -0.4 is 4.74 Å². The van der Waals surface area contributed by atoms with E-state index in [9.17, 15) is 20.1 Å². The lowest BCUT2D eigenvalue weighted by Crippen LogP contribution is -2.08. The maximum Gasteiger partial charge on any atom is 0.343 e. The molecule has 0 fully saturated rings. The Morgan fingerprint density at radius 3 is 2.10 bits per heavy atom. The quantitative estimate of drug-likeness (QED) is 0.455. The molecular weight excluding hydrogens is 260 g/mol. The van der Waals surface area contributed by atoms with Gasteiger partial charge in [0.2, 0.25) is 0 Å². The van der Waals surface area contributed by atoms with Gasteiger partial charge in [0.25, 0.3) is 0 Å². The van der Waals surface area contributed by atoms with Crippen LogP contribution in [-0.2, 0) is 6.42 Å². The number of benzene rings is 2. The van der Waals surface area contributed by atoms with Crippen molar-refractivity contribution in [2.24, 2.45) is 0 Å². The predicted octanol–water partition coefficient (Wildman–Crippen LogP) is 2.59. The largest absolute Gasteiger partial charge is 0.504 e. The fraction of sp³-hybridized carbons (Fsp3) is 0.133. The van der Waals surface area contributed by atoms with E-state index in [2.05, 4.69) is 0 Å². The molecule has 0 unspecified atom stereocenters. The molecule has 5 heteroatoms. The van der Waals surface area contributed by atoms with Gasteiger partial charge in [-0.1, -0.05) is 19.1 Å². The third-order valence-corrected chi connectivity index (χ3v) is 2.85. The number of esters is 1. The zero-order chi connectivity index (χ0) is 14.7. The van der Waals surface area contributed by atoms with Crippen LogP contribution >= 0.6 is 0 Å². The number of carbonyl (C=O) groups excluding carboxylic acids is 1. The summed E-state index contributed by atoms with van der Waals surface area (Å²) in [6, 6.07) is 9.06. The first kappa shape index (κ1) is 13.7. The van der Waals surface area contributed by atoms with E-state index in [1.807, 2.05) is 19.1 Å². The van der Waals surface area contributed by atoms with Crippen molar-refractivity contribution in [3.05, 3.63) is 47.5 Å². The minimum Gasteiger partial charge on any atom is -0.504 e. The molecule has 5 nitrogen and oxygen atoms in total. The summed E-state index contributed by atoms with van der Waals surface area (Å²) in [6.45, 7) is 2.02. The Balaban J connectivity index is 2.19. The van der Waals surface area contributed by atoms with Crippen LogP contribution in [0.3, 0.4) is 0 Å². The molecule has 0 saturated heterocycles. The van der Waals surface area contributed by atoms with Gasteiger partial charge in [0.1, 0.15) is 5.75 Å². The third-order valence-electron chi connectivity index (χ3n) is 2.85. The van der Waals surface area contributed by atoms with Crippen LogP contribution in [0.25, 0.3) is 0 Å². The Bertz CT molecular complexity index is 608. The maximum absolute atomic E-state index is 11.9. The smallest absolute Gasteiger partial charge is 0.343 e. The molecule has 3 N–H and O–H groups in total. The minimum atomic E-state index is -0.736. The van der Waals surface area contributed by atoms with Crippen LogP contribution in [0.5, 0.6) is 23.0 Å². The lowest BCUT2D eigenvalue weighted by molar-refractivity contribution is 0.0733. The molecule has 0 aromatic heterocycles. The molecule has 0 bridgehead atoms. The first-order valence-corrected chi connectivity index (χ1v) is 6.07. The van der Waals surface area contributed by atoms with Crippen LogP contribution in [0, 0.1) is 0 Å². The molecule has 2 rings (SSSR count). The molecule has 0 atom stereocenters. The fourth-order valence-corrected chi connectivity index (χ4v) is 1.68. The van der Waals surface area contributed by atoms with Gasteiger partial charge >= 0.3 is 5.97 Å². The molecule has 0 amide bonds. The topological polar surface area (TPSA) is 87.0 Å². The van der Waals surface area contributed by atoms with E-state index in [1.54, 1.807) is 12.1 Å². The molecule has 20 heavy (non-hydrogen) atoms. The molecule has 0 spiro atoms. The van der Waals surface area contributed by atoms with Crippen molar-refractivity contribution in [1.82, 2.24) is 0 Å². The van der Waals surface area contributed by atoms with E-state index in [0.29, 0.717) is 5.75 Å². The Labute approximate surface area is 115 Å². The third kappa shape index (κ3) is 2.83. The fourth-order valence-electron chi connectivity index (χ4n) is 1.68. The highest BCUT2D eigenvalue weighted by Crippen LogP contribution is 2.35. The monoisotopic (exact) mass is 274 g/mol. The number of ether oxygens (including phenoxy) is 1. The summed E-state index contributed by atoms with van der Waals surface area (Å²) in [7, 11) is 0. The number of carbonyl (C=O) groups is 1. The van der Waals surface area contributed by atoms with E-state index in [0.717, 1.165) is 24.1 Å². The van der Waals surface area contributed by atoms with Gasteiger partial charge in [0.05, 0.1) is 5.56 Å². The lowest BCUT2D eigenvalue weighted by Gasteiger charge is -2.07. The summed E-state index contributed by atoms with van der Waals surface area (Å²) in [4.78, 5) is 11.9. The maximum atomic E-state index is 11.9. The van der Waals surface area contributed by atoms with Gasteiger partial charge < -0.3 is 20.1 Å². The average Bonchev–Trinajstić information content (AvgIpc) is 2.45. The summed E-state index contributed by atoms with van der Waals surface area (Å²) in [5, 5.41) is 27.9. The number of aryl methyl sites for hydroxylation is 1. The first-order chi connectivity index (χ1) is 9.51. The Kier molecular flexibility index (Phi) is 3.79. The Hall–Kier alpha value is -2.69. The second kappa shape index (κ2) is 5.52. The average molecular weight is 274 g/mol. The van der Waals surface area contributed by atoms with Gasteiger partial charge in [-0.3, -0.25) is 0 Å². The zero-order valence-electron chi connectivity index (χ0n) is 10.8.